The molecule has 19 heavy (non-hydrogen) atoms. The zero-order valence-corrected chi connectivity index (χ0v) is 11.1. The summed E-state index contributed by atoms with van der Waals surface area (Å²) in [5.41, 5.74) is 0. The van der Waals surface area contributed by atoms with Gasteiger partial charge in [-0.25, -0.2) is 0 Å². The van der Waals surface area contributed by atoms with E-state index >= 15 is 0 Å². The van der Waals surface area contributed by atoms with Crippen LogP contribution in [0.15, 0.2) is 0 Å². The fraction of sp³-hybridized carbons (Fsp3) is 0.500. The molecule has 0 aromatic rings. The first-order valence-corrected chi connectivity index (χ1v) is 3.71. The Balaban J connectivity index is -0.0000000192. The minimum atomic E-state index is -0.833. The molecule has 0 aliphatic rings. The molecule has 0 amide bonds. The van der Waals surface area contributed by atoms with Crippen molar-refractivity contribution in [2.45, 2.75) is 27.7 Å². The van der Waals surface area contributed by atoms with Crippen LogP contribution in [-0.4, -0.2) is 55.3 Å². The summed E-state index contributed by atoms with van der Waals surface area (Å²) in [6.07, 6.45) is 0. The molecule has 0 aliphatic heterocycles. The topological polar surface area (TPSA) is 247 Å². The second kappa shape index (κ2) is 36.0. The summed E-state index contributed by atoms with van der Waals surface area (Å²) in [5.74, 6) is -3.33. The van der Waals surface area contributed by atoms with E-state index in [9.17, 15) is 0 Å². The monoisotopic (exact) mass is 293 g/mol. The molecule has 0 aromatic carbocycles. The third-order valence-corrected chi connectivity index (χ3v) is 0. The molecule has 0 spiro atoms. The van der Waals surface area contributed by atoms with E-state index in [0.29, 0.717) is 0 Å². The van der Waals surface area contributed by atoms with Crippen molar-refractivity contribution < 1.29 is 50.6 Å². The Morgan fingerprint density at radius 2 is 0.526 bits per heavy atom. The predicted molar refractivity (Wildman–Crippen MR) is 65.5 cm³/mol. The van der Waals surface area contributed by atoms with Crippen molar-refractivity contribution in [1.82, 2.24) is 6.15 Å². The van der Waals surface area contributed by atoms with Gasteiger partial charge in [-0.2, -0.15) is 0 Å². The van der Waals surface area contributed by atoms with Gasteiger partial charge in [0.1, 0.15) is 0 Å². The molecule has 0 atom stereocenters. The number of carboxylic acid groups (broad SMARTS) is 4. The molecule has 0 bridgehead atoms. The minimum Gasteiger partial charge on any atom is -0.481 e. The van der Waals surface area contributed by atoms with Crippen LogP contribution in [-0.2, 0) is 19.2 Å². The number of carboxylic acids is 4. The average Bonchev–Trinajstić information content (AvgIpc) is 1.76. The van der Waals surface area contributed by atoms with Crippen LogP contribution in [0.2, 0.25) is 0 Å². The summed E-state index contributed by atoms with van der Waals surface area (Å²) in [5, 5.41) is 29.7. The highest BCUT2D eigenvalue weighted by atomic mass is 16.4. The third-order valence-electron chi connectivity index (χ3n) is 0. The van der Waals surface area contributed by atoms with E-state index in [1.54, 1.807) is 0 Å². The molecule has 11 heteroatoms. The fourth-order valence-corrected chi connectivity index (χ4v) is 0. The maximum atomic E-state index is 9.00. The van der Waals surface area contributed by atoms with Crippen LogP contribution in [0, 0.1) is 0 Å². The predicted octanol–water partition coefficient (Wildman–Crippen LogP) is -1.12. The van der Waals surface area contributed by atoms with Crippen LogP contribution >= 0.6 is 0 Å². The normalized spacial score (nSPS) is 5.26. The van der Waals surface area contributed by atoms with Crippen LogP contribution in [0.3, 0.4) is 0 Å². The molecule has 0 rings (SSSR count). The van der Waals surface area contributed by atoms with E-state index in [1.165, 1.54) is 0 Å². The van der Waals surface area contributed by atoms with Crippen LogP contribution < -0.4 is 6.15 Å². The van der Waals surface area contributed by atoms with Gasteiger partial charge in [-0.15, -0.1) is 0 Å². The smallest absolute Gasteiger partial charge is 0.300 e. The highest BCUT2D eigenvalue weighted by Gasteiger charge is 1.66. The Morgan fingerprint density at radius 3 is 0.526 bits per heavy atom. The number of hydrogen-bond donors (Lipinski definition) is 5. The summed E-state index contributed by atoms with van der Waals surface area (Å²) < 4.78 is 0. The number of hydrogen-bond acceptors (Lipinski definition) is 5. The van der Waals surface area contributed by atoms with Gasteiger partial charge in [-0.1, -0.05) is 0 Å². The minimum absolute atomic E-state index is 0. The molecule has 120 valence electrons. The Labute approximate surface area is 109 Å². The van der Waals surface area contributed by atoms with E-state index in [2.05, 4.69) is 0 Å². The summed E-state index contributed by atoms with van der Waals surface area (Å²) in [7, 11) is 0. The molecular weight excluding hydrogens is 270 g/mol. The Kier molecular flexibility index (Phi) is 82.9. The van der Waals surface area contributed by atoms with E-state index in [4.69, 9.17) is 39.6 Å². The maximum absolute atomic E-state index is 9.00. The quantitative estimate of drug-likeness (QED) is 0.361. The first-order chi connectivity index (χ1) is 6.93. The van der Waals surface area contributed by atoms with Crippen LogP contribution in [0.25, 0.3) is 0 Å². The molecule has 0 fully saturated rings. The van der Waals surface area contributed by atoms with Gasteiger partial charge in [0.15, 0.2) is 0 Å². The lowest BCUT2D eigenvalue weighted by atomic mass is 10.9. The second-order valence-electron chi connectivity index (χ2n) is 2.08. The zero-order chi connectivity index (χ0) is 14.3. The van der Waals surface area contributed by atoms with Gasteiger partial charge in [0, 0.05) is 27.7 Å². The van der Waals surface area contributed by atoms with Gasteiger partial charge in [-0.05, 0) is 0 Å². The molecule has 0 aliphatic carbocycles. The Hall–Kier alpha value is -2.24. The SMILES string of the molecule is CC(=O)O.CC(=O)O.CC(=O)O.CC(=O)O.N.O.O. The lowest BCUT2D eigenvalue weighted by molar-refractivity contribution is -0.135. The Morgan fingerprint density at radius 1 is 0.526 bits per heavy atom. The zero-order valence-electron chi connectivity index (χ0n) is 11.1. The van der Waals surface area contributed by atoms with E-state index in [-0.39, 0.29) is 17.1 Å². The van der Waals surface area contributed by atoms with E-state index < -0.39 is 23.9 Å². The number of aliphatic carboxylic acids is 4. The van der Waals surface area contributed by atoms with Crippen molar-refractivity contribution >= 4 is 23.9 Å². The van der Waals surface area contributed by atoms with Crippen molar-refractivity contribution in [2.24, 2.45) is 0 Å². The molecule has 11 N–H and O–H groups in total. The molecule has 0 unspecified atom stereocenters. The van der Waals surface area contributed by atoms with Gasteiger partial charge < -0.3 is 37.5 Å². The summed E-state index contributed by atoms with van der Waals surface area (Å²) in [6.45, 7) is 4.33. The van der Waals surface area contributed by atoms with E-state index in [1.807, 2.05) is 0 Å². The first-order valence-electron chi connectivity index (χ1n) is 3.71. The van der Waals surface area contributed by atoms with Gasteiger partial charge >= 0.3 is 0 Å². The lowest BCUT2D eigenvalue weighted by Crippen LogP contribution is -1.78. The molecule has 0 saturated heterocycles. The molecule has 0 heterocycles. The van der Waals surface area contributed by atoms with Crippen molar-refractivity contribution in [3.63, 3.8) is 0 Å². The first kappa shape index (κ1) is 43.7. The Bertz CT molecular complexity index is 164. The maximum Gasteiger partial charge on any atom is 0.300 e. The van der Waals surface area contributed by atoms with Crippen molar-refractivity contribution in [3.05, 3.63) is 0 Å². The molecule has 0 saturated carbocycles. The van der Waals surface area contributed by atoms with Gasteiger partial charge in [0.25, 0.3) is 23.9 Å². The van der Waals surface area contributed by atoms with Crippen LogP contribution in [0.4, 0.5) is 0 Å². The standard InChI is InChI=1S/4C2H4O2.H3N.2H2O/c4*1-2(3)4;;;/h4*1H3,(H,3,4);1H3;2*1H2. The fourth-order valence-electron chi connectivity index (χ4n) is 0. The average molecular weight is 293 g/mol. The highest BCUT2D eigenvalue weighted by Crippen LogP contribution is 1.43. The molecule has 11 nitrogen and oxygen atoms in total. The summed E-state index contributed by atoms with van der Waals surface area (Å²) >= 11 is 0. The number of rotatable bonds is 0. The van der Waals surface area contributed by atoms with Crippen LogP contribution in [0.1, 0.15) is 27.7 Å². The van der Waals surface area contributed by atoms with Gasteiger partial charge in [-0.3, -0.25) is 19.2 Å². The third kappa shape index (κ3) is 595. The van der Waals surface area contributed by atoms with Crippen molar-refractivity contribution in [2.75, 3.05) is 0 Å². The van der Waals surface area contributed by atoms with Crippen molar-refractivity contribution in [1.29, 1.82) is 0 Å². The molecular formula is C8H23NO10. The number of carbonyl (C=O) groups is 4. The van der Waals surface area contributed by atoms with Gasteiger partial charge in [0.05, 0.1) is 0 Å². The second-order valence-corrected chi connectivity index (χ2v) is 2.08. The van der Waals surface area contributed by atoms with Crippen LogP contribution in [0.5, 0.6) is 0 Å². The summed E-state index contributed by atoms with van der Waals surface area (Å²) in [4.78, 5) is 36.0. The molecule has 0 aromatic heterocycles. The van der Waals surface area contributed by atoms with Gasteiger partial charge in [0.2, 0.25) is 0 Å². The van der Waals surface area contributed by atoms with E-state index in [0.717, 1.165) is 27.7 Å². The lowest BCUT2D eigenvalue weighted by Gasteiger charge is -1.59. The highest BCUT2D eigenvalue weighted by molar-refractivity contribution is 5.63. The van der Waals surface area contributed by atoms with Crippen molar-refractivity contribution in [3.8, 4) is 0 Å². The summed E-state index contributed by atoms with van der Waals surface area (Å²) in [6, 6.07) is 0. The molecule has 0 radical (unpaired) electrons. The largest absolute Gasteiger partial charge is 0.481 e.